The lowest BCUT2D eigenvalue weighted by Crippen LogP contribution is -2.34. The number of aliphatic hydroxyl groups is 1. The second kappa shape index (κ2) is 12.9. The highest BCUT2D eigenvalue weighted by Gasteiger charge is 2.37. The zero-order valence-corrected chi connectivity index (χ0v) is 24.9. The number of hydrogen-bond acceptors (Lipinski definition) is 4. The second-order valence-corrected chi connectivity index (χ2v) is 10.1. The fraction of sp³-hybridized carbons (Fsp3) is 0.273. The van der Waals surface area contributed by atoms with E-state index < -0.39 is 53.8 Å². The monoisotopic (exact) mass is 671 g/mol. The molecule has 2 heterocycles. The van der Waals surface area contributed by atoms with Gasteiger partial charge in [0.25, 0.3) is 11.1 Å². The largest absolute Gasteiger partial charge is 0.456 e. The van der Waals surface area contributed by atoms with Crippen LogP contribution < -0.4 is 11.1 Å². The van der Waals surface area contributed by atoms with Gasteiger partial charge in [0.15, 0.2) is 0 Å². The number of hydrogen-bond donors (Lipinski definition) is 1. The van der Waals surface area contributed by atoms with Gasteiger partial charge in [-0.3, -0.25) is 14.2 Å². The second-order valence-electron chi connectivity index (χ2n) is 10.1. The third-order valence-corrected chi connectivity index (χ3v) is 7.21. The van der Waals surface area contributed by atoms with Crippen LogP contribution in [0.2, 0.25) is 0 Å². The predicted octanol–water partition coefficient (Wildman–Crippen LogP) is 9.53. The van der Waals surface area contributed by atoms with Crippen molar-refractivity contribution in [1.29, 1.82) is 0 Å². The zero-order chi connectivity index (χ0) is 35.1. The molecule has 0 bridgehead atoms. The molecule has 0 radical (unpaired) electrons. The molecule has 0 amide bonds. The number of benzene rings is 4. The molecule has 0 aliphatic carbocycles. The van der Waals surface area contributed by atoms with Crippen LogP contribution in [0.4, 0.5) is 39.5 Å². The van der Waals surface area contributed by atoms with Gasteiger partial charge in [0.2, 0.25) is 0 Å². The summed E-state index contributed by atoms with van der Waals surface area (Å²) in [7, 11) is 0. The van der Waals surface area contributed by atoms with E-state index in [4.69, 9.17) is 4.42 Å². The van der Waals surface area contributed by atoms with Crippen LogP contribution in [0.15, 0.2) is 74.7 Å². The number of alkyl halides is 9. The third kappa shape index (κ3) is 6.92. The van der Waals surface area contributed by atoms with Gasteiger partial charge < -0.3 is 9.52 Å². The molecule has 47 heavy (non-hydrogen) atoms. The molecule has 6 aromatic rings. The fourth-order valence-corrected chi connectivity index (χ4v) is 5.07. The van der Waals surface area contributed by atoms with E-state index in [0.717, 1.165) is 11.5 Å². The van der Waals surface area contributed by atoms with Crippen molar-refractivity contribution in [3.63, 3.8) is 0 Å². The molecule has 0 atom stereocenters. The Morgan fingerprint density at radius 1 is 0.638 bits per heavy atom. The summed E-state index contributed by atoms with van der Waals surface area (Å²) < 4.78 is 120. The summed E-state index contributed by atoms with van der Waals surface area (Å²) >= 11 is 0. The number of aliphatic hydroxyl groups excluding tert-OH is 1. The van der Waals surface area contributed by atoms with E-state index in [1.807, 2.05) is 13.8 Å². The van der Waals surface area contributed by atoms with Crippen LogP contribution in [0.3, 0.4) is 0 Å². The van der Waals surface area contributed by atoms with E-state index in [2.05, 4.69) is 0 Å². The van der Waals surface area contributed by atoms with Crippen molar-refractivity contribution in [2.75, 3.05) is 6.61 Å². The van der Waals surface area contributed by atoms with Crippen molar-refractivity contribution in [1.82, 2.24) is 4.57 Å². The Labute approximate surface area is 259 Å². The lowest BCUT2D eigenvalue weighted by atomic mass is 9.94. The smallest absolute Gasteiger partial charge is 0.416 e. The van der Waals surface area contributed by atoms with E-state index in [1.54, 1.807) is 12.1 Å². The first kappa shape index (κ1) is 35.3. The maximum absolute atomic E-state index is 13.4. The molecule has 6 rings (SSSR count). The van der Waals surface area contributed by atoms with E-state index in [9.17, 15) is 54.2 Å². The predicted molar refractivity (Wildman–Crippen MR) is 161 cm³/mol. The molecular formula is C33H26F9NO4. The summed E-state index contributed by atoms with van der Waals surface area (Å²) in [6.07, 6.45) is -14.7. The van der Waals surface area contributed by atoms with Crippen LogP contribution in [0.5, 0.6) is 0 Å². The van der Waals surface area contributed by atoms with Gasteiger partial charge in [-0.05, 0) is 65.0 Å². The number of rotatable bonds is 3. The highest BCUT2D eigenvalue weighted by Crippen LogP contribution is 2.41. The molecule has 250 valence electrons. The molecule has 0 unspecified atom stereocenters. The minimum absolute atomic E-state index is 0.0671. The molecule has 5 nitrogen and oxygen atoms in total. The lowest BCUT2D eigenvalue weighted by Gasteiger charge is -2.16. The third-order valence-electron chi connectivity index (χ3n) is 7.21. The minimum Gasteiger partial charge on any atom is -0.456 e. The number of nitrogens with zero attached hydrogens (tertiary/aromatic N) is 1. The van der Waals surface area contributed by atoms with Gasteiger partial charge in [-0.2, -0.15) is 39.5 Å². The van der Waals surface area contributed by atoms with E-state index in [1.165, 1.54) is 30.3 Å². The SMILES string of the molecule is CC.CCC(F)(F)F.O=c1c2ccc3oc4ccc(-c5cc(C(F)(F)F)cc(C(F)(F)F)c5)cc4c4ccc(c(=O)n1CCO)c2c34. The maximum atomic E-state index is 13.4. The molecule has 14 heteroatoms. The minimum atomic E-state index is -5.00. The van der Waals surface area contributed by atoms with Crippen LogP contribution in [0, 0.1) is 0 Å². The summed E-state index contributed by atoms with van der Waals surface area (Å²) in [5.41, 5.74) is -3.66. The molecule has 0 aliphatic heterocycles. The molecule has 0 saturated heterocycles. The molecule has 1 N–H and O–H groups in total. The molecule has 4 aromatic carbocycles. The van der Waals surface area contributed by atoms with E-state index >= 15 is 0 Å². The maximum Gasteiger partial charge on any atom is 0.416 e. The van der Waals surface area contributed by atoms with Crippen LogP contribution in [0.25, 0.3) is 54.6 Å². The lowest BCUT2D eigenvalue weighted by molar-refractivity contribution is -0.143. The van der Waals surface area contributed by atoms with Gasteiger partial charge in [0, 0.05) is 33.4 Å². The number of pyridine rings is 1. The summed E-state index contributed by atoms with van der Waals surface area (Å²) in [5.74, 6) is 0. The van der Waals surface area contributed by atoms with Gasteiger partial charge in [-0.15, -0.1) is 0 Å². The normalized spacial score (nSPS) is 12.4. The molecule has 2 aromatic heterocycles. The first-order valence-electron chi connectivity index (χ1n) is 14.2. The molecule has 0 saturated carbocycles. The summed E-state index contributed by atoms with van der Waals surface area (Å²) in [5, 5.41) is 11.3. The Hall–Kier alpha value is -4.59. The van der Waals surface area contributed by atoms with Crippen molar-refractivity contribution >= 4 is 43.5 Å². The average molecular weight is 672 g/mol. The summed E-state index contributed by atoms with van der Waals surface area (Å²) in [6.45, 7) is 4.47. The van der Waals surface area contributed by atoms with Crippen molar-refractivity contribution in [3.05, 3.63) is 92.5 Å². The van der Waals surface area contributed by atoms with Crippen LogP contribution in [0.1, 0.15) is 38.3 Å². The van der Waals surface area contributed by atoms with Crippen molar-refractivity contribution in [2.24, 2.45) is 0 Å². The van der Waals surface area contributed by atoms with E-state index in [-0.39, 0.29) is 34.5 Å². The highest BCUT2D eigenvalue weighted by atomic mass is 19.4. The molecule has 0 fully saturated rings. The Bertz CT molecular complexity index is 2110. The van der Waals surface area contributed by atoms with Gasteiger partial charge >= 0.3 is 18.5 Å². The first-order chi connectivity index (χ1) is 21.9. The van der Waals surface area contributed by atoms with Gasteiger partial charge in [0.05, 0.1) is 24.3 Å². The molecule has 0 aliphatic rings. The Morgan fingerprint density at radius 3 is 1.62 bits per heavy atom. The van der Waals surface area contributed by atoms with Crippen LogP contribution >= 0.6 is 0 Å². The highest BCUT2D eigenvalue weighted by molar-refractivity contribution is 6.26. The number of fused-ring (bicyclic) bond motifs is 2. The standard InChI is InChI=1S/C28H15F6NO4.C3H5F3.C2H6/c29-27(30,31)15-9-14(10-16(12-15)28(32,33)34)13-1-5-21-20(11-13)17-2-3-18-23-19(4-6-22(39-21)24(17)23)26(38)35(7-8-36)25(18)37;1-2-3(4,5)6;1-2/h1-6,9-12,36H,7-8H2;2H2,1H3;1-2H3. The zero-order valence-electron chi connectivity index (χ0n) is 24.9. The first-order valence-corrected chi connectivity index (χ1v) is 14.2. The number of aromatic nitrogens is 1. The Balaban J connectivity index is 0.000000564. The van der Waals surface area contributed by atoms with Gasteiger partial charge in [-0.1, -0.05) is 32.9 Å². The summed E-state index contributed by atoms with van der Waals surface area (Å²) in [6, 6.07) is 11.7. The number of halogens is 9. The molecule has 0 spiro atoms. The Morgan fingerprint density at radius 2 is 1.13 bits per heavy atom. The van der Waals surface area contributed by atoms with Crippen molar-refractivity contribution < 1.29 is 49.0 Å². The molecular weight excluding hydrogens is 645 g/mol. The fourth-order valence-electron chi connectivity index (χ4n) is 5.07. The quantitative estimate of drug-likeness (QED) is 0.116. The Kier molecular flexibility index (Phi) is 9.68. The van der Waals surface area contributed by atoms with Crippen LogP contribution in [-0.2, 0) is 18.9 Å². The summed E-state index contributed by atoms with van der Waals surface area (Å²) in [4.78, 5) is 26.0. The van der Waals surface area contributed by atoms with E-state index in [0.29, 0.717) is 44.8 Å². The van der Waals surface area contributed by atoms with Gasteiger partial charge in [0.1, 0.15) is 11.2 Å². The average Bonchev–Trinajstić information content (AvgIpc) is 3.02. The van der Waals surface area contributed by atoms with Crippen LogP contribution in [-0.4, -0.2) is 22.5 Å². The van der Waals surface area contributed by atoms with Crippen molar-refractivity contribution in [3.8, 4) is 11.1 Å². The van der Waals surface area contributed by atoms with Gasteiger partial charge in [-0.25, -0.2) is 0 Å². The van der Waals surface area contributed by atoms with Crippen molar-refractivity contribution in [2.45, 2.75) is 52.3 Å². The topological polar surface area (TPSA) is 72.4 Å².